The summed E-state index contributed by atoms with van der Waals surface area (Å²) in [4.78, 5) is 14.9. The molecule has 1 aliphatic heterocycles. The van der Waals surface area contributed by atoms with Crippen molar-refractivity contribution in [1.82, 2.24) is 19.0 Å². The molecular weight excluding hydrogens is 471 g/mol. The number of hydrogen-bond donors (Lipinski definition) is 0. The van der Waals surface area contributed by atoms with Gasteiger partial charge in [0, 0.05) is 31.2 Å². The van der Waals surface area contributed by atoms with Gasteiger partial charge >= 0.3 is 0 Å². The first kappa shape index (κ1) is 22.8. The lowest BCUT2D eigenvalue weighted by atomic mass is 10.1. The lowest BCUT2D eigenvalue weighted by Gasteiger charge is -2.34. The maximum atomic E-state index is 13.2. The van der Waals surface area contributed by atoms with Crippen LogP contribution in [0.15, 0.2) is 59.6 Å². The van der Waals surface area contributed by atoms with Gasteiger partial charge < -0.3 is 4.90 Å². The van der Waals surface area contributed by atoms with E-state index < -0.39 is 10.0 Å². The van der Waals surface area contributed by atoms with E-state index in [1.165, 1.54) is 16.4 Å². The fraction of sp³-hybridized carbons (Fsp3) is 0.273. The Balaban J connectivity index is 1.51. The molecule has 7 nitrogen and oxygen atoms in total. The highest BCUT2D eigenvalue weighted by Gasteiger charge is 2.33. The van der Waals surface area contributed by atoms with E-state index in [0.29, 0.717) is 17.0 Å². The molecule has 1 amide bonds. The Labute approximate surface area is 197 Å². The van der Waals surface area contributed by atoms with Crippen LogP contribution >= 0.6 is 23.2 Å². The van der Waals surface area contributed by atoms with Gasteiger partial charge in [0.2, 0.25) is 10.0 Å². The zero-order valence-corrected chi connectivity index (χ0v) is 19.7. The SMILES string of the molecule is CCc1c(C(=O)N2CCN(S(=O)(=O)c3cc(Cl)ccc3Cl)CC2)cnn1-c1ccccc1. The van der Waals surface area contributed by atoms with Crippen molar-refractivity contribution in [3.8, 4) is 5.69 Å². The standard InChI is InChI=1S/C22H22Cl2N4O3S/c1-2-20-18(15-25-28(20)17-6-4-3-5-7-17)22(29)26-10-12-27(13-11-26)32(30,31)21-14-16(23)8-9-19(21)24/h3-9,14-15H,2,10-13H2,1H3. The van der Waals surface area contributed by atoms with Gasteiger partial charge in [-0.25, -0.2) is 13.1 Å². The zero-order valence-electron chi connectivity index (χ0n) is 17.4. The molecule has 0 spiro atoms. The second-order valence-electron chi connectivity index (χ2n) is 7.38. The van der Waals surface area contributed by atoms with Gasteiger partial charge in [-0.15, -0.1) is 0 Å². The maximum absolute atomic E-state index is 13.2. The Morgan fingerprint density at radius 1 is 1.03 bits per heavy atom. The fourth-order valence-corrected chi connectivity index (χ4v) is 5.96. The molecule has 0 N–H and O–H groups in total. The topological polar surface area (TPSA) is 75.5 Å². The number of rotatable bonds is 5. The zero-order chi connectivity index (χ0) is 22.9. The van der Waals surface area contributed by atoms with Gasteiger partial charge in [-0.1, -0.05) is 48.3 Å². The van der Waals surface area contributed by atoms with Crippen molar-refractivity contribution < 1.29 is 13.2 Å². The molecule has 3 aromatic rings. The molecule has 0 saturated carbocycles. The third-order valence-electron chi connectivity index (χ3n) is 5.47. The average molecular weight is 493 g/mol. The molecule has 1 aliphatic rings. The van der Waals surface area contributed by atoms with Gasteiger partial charge in [-0.2, -0.15) is 9.40 Å². The lowest BCUT2D eigenvalue weighted by Crippen LogP contribution is -2.50. The first-order valence-electron chi connectivity index (χ1n) is 10.2. The summed E-state index contributed by atoms with van der Waals surface area (Å²) in [6, 6.07) is 14.0. The fourth-order valence-electron chi connectivity index (χ4n) is 3.80. The Morgan fingerprint density at radius 3 is 2.38 bits per heavy atom. The molecule has 4 rings (SSSR count). The lowest BCUT2D eigenvalue weighted by molar-refractivity contribution is 0.0696. The number of aromatic nitrogens is 2. The van der Waals surface area contributed by atoms with Gasteiger partial charge in [0.05, 0.1) is 28.2 Å². The summed E-state index contributed by atoms with van der Waals surface area (Å²) in [6.07, 6.45) is 2.22. The number of benzene rings is 2. The second kappa shape index (κ2) is 9.23. The Kier molecular flexibility index (Phi) is 6.57. The molecule has 0 atom stereocenters. The highest BCUT2D eigenvalue weighted by Crippen LogP contribution is 2.28. The minimum Gasteiger partial charge on any atom is -0.336 e. The van der Waals surface area contributed by atoms with Crippen LogP contribution in [0, 0.1) is 0 Å². The van der Waals surface area contributed by atoms with E-state index in [0.717, 1.165) is 11.4 Å². The van der Waals surface area contributed by atoms with Crippen LogP contribution < -0.4 is 0 Å². The molecular formula is C22H22Cl2N4O3S. The number of carbonyl (C=O) groups excluding carboxylic acids is 1. The normalized spacial score (nSPS) is 15.2. The number of carbonyl (C=O) groups is 1. The summed E-state index contributed by atoms with van der Waals surface area (Å²) in [5, 5.41) is 4.84. The van der Waals surface area contributed by atoms with Crippen LogP contribution in [-0.2, 0) is 16.4 Å². The number of sulfonamides is 1. The second-order valence-corrected chi connectivity index (χ2v) is 10.1. The number of piperazine rings is 1. The average Bonchev–Trinajstić information content (AvgIpc) is 3.25. The summed E-state index contributed by atoms with van der Waals surface area (Å²) in [5.41, 5.74) is 2.24. The van der Waals surface area contributed by atoms with Crippen LogP contribution in [0.1, 0.15) is 23.0 Å². The van der Waals surface area contributed by atoms with Crippen LogP contribution in [-0.4, -0.2) is 59.5 Å². The van der Waals surface area contributed by atoms with E-state index in [2.05, 4.69) is 5.10 Å². The van der Waals surface area contributed by atoms with Crippen molar-refractivity contribution in [2.45, 2.75) is 18.2 Å². The molecule has 10 heteroatoms. The predicted octanol–water partition coefficient (Wildman–Crippen LogP) is 3.89. The van der Waals surface area contributed by atoms with Crippen LogP contribution in [0.25, 0.3) is 5.69 Å². The van der Waals surface area contributed by atoms with E-state index in [-0.39, 0.29) is 42.0 Å². The number of hydrogen-bond acceptors (Lipinski definition) is 4. The summed E-state index contributed by atoms with van der Waals surface area (Å²) >= 11 is 12.1. The van der Waals surface area contributed by atoms with Crippen molar-refractivity contribution in [3.63, 3.8) is 0 Å². The van der Waals surface area contributed by atoms with Crippen LogP contribution in [0.3, 0.4) is 0 Å². The van der Waals surface area contributed by atoms with E-state index in [4.69, 9.17) is 23.2 Å². The molecule has 2 heterocycles. The van der Waals surface area contributed by atoms with Crippen molar-refractivity contribution in [2.24, 2.45) is 0 Å². The number of nitrogens with zero attached hydrogens (tertiary/aromatic N) is 4. The Hall–Kier alpha value is -2.39. The van der Waals surface area contributed by atoms with E-state index in [1.807, 2.05) is 37.3 Å². The first-order valence-corrected chi connectivity index (χ1v) is 12.4. The van der Waals surface area contributed by atoms with E-state index in [9.17, 15) is 13.2 Å². The quantitative estimate of drug-likeness (QED) is 0.541. The largest absolute Gasteiger partial charge is 0.336 e. The molecule has 0 unspecified atom stereocenters. The maximum Gasteiger partial charge on any atom is 0.257 e. The molecule has 1 saturated heterocycles. The van der Waals surface area contributed by atoms with E-state index >= 15 is 0 Å². The van der Waals surface area contributed by atoms with Crippen molar-refractivity contribution in [2.75, 3.05) is 26.2 Å². The smallest absolute Gasteiger partial charge is 0.257 e. The van der Waals surface area contributed by atoms with Crippen LogP contribution in [0.4, 0.5) is 0 Å². The van der Waals surface area contributed by atoms with Gasteiger partial charge in [0.25, 0.3) is 5.91 Å². The third kappa shape index (κ3) is 4.28. The predicted molar refractivity (Wildman–Crippen MR) is 124 cm³/mol. The monoisotopic (exact) mass is 492 g/mol. The molecule has 0 bridgehead atoms. The molecule has 1 aromatic heterocycles. The summed E-state index contributed by atoms with van der Waals surface area (Å²) in [6.45, 7) is 2.87. The minimum atomic E-state index is -3.81. The number of amides is 1. The Morgan fingerprint density at radius 2 is 1.72 bits per heavy atom. The van der Waals surface area contributed by atoms with Gasteiger partial charge in [0.15, 0.2) is 0 Å². The molecule has 1 fully saturated rings. The van der Waals surface area contributed by atoms with Crippen LogP contribution in [0.5, 0.6) is 0 Å². The van der Waals surface area contributed by atoms with Crippen molar-refractivity contribution >= 4 is 39.1 Å². The van der Waals surface area contributed by atoms with E-state index in [1.54, 1.807) is 21.8 Å². The molecule has 168 valence electrons. The van der Waals surface area contributed by atoms with Crippen LogP contribution in [0.2, 0.25) is 10.0 Å². The van der Waals surface area contributed by atoms with Gasteiger partial charge in [0.1, 0.15) is 4.90 Å². The number of halogens is 2. The molecule has 0 aliphatic carbocycles. The molecule has 2 aromatic carbocycles. The summed E-state index contributed by atoms with van der Waals surface area (Å²) < 4.78 is 29.2. The number of para-hydroxylation sites is 1. The first-order chi connectivity index (χ1) is 15.3. The summed E-state index contributed by atoms with van der Waals surface area (Å²) in [7, 11) is -3.81. The van der Waals surface area contributed by atoms with Gasteiger partial charge in [-0.3, -0.25) is 4.79 Å². The highest BCUT2D eigenvalue weighted by molar-refractivity contribution is 7.89. The minimum absolute atomic E-state index is 0.0242. The summed E-state index contributed by atoms with van der Waals surface area (Å²) in [5.74, 6) is -0.151. The highest BCUT2D eigenvalue weighted by atomic mass is 35.5. The molecule has 0 radical (unpaired) electrons. The molecule has 32 heavy (non-hydrogen) atoms. The third-order valence-corrected chi connectivity index (χ3v) is 8.09. The Bertz CT molecular complexity index is 1240. The van der Waals surface area contributed by atoms with Gasteiger partial charge in [-0.05, 0) is 36.8 Å². The van der Waals surface area contributed by atoms with Crippen molar-refractivity contribution in [3.05, 3.63) is 76.0 Å². The van der Waals surface area contributed by atoms with Crippen molar-refractivity contribution in [1.29, 1.82) is 0 Å².